The van der Waals surface area contributed by atoms with Crippen LogP contribution >= 0.6 is 0 Å². The first-order valence-electron chi connectivity index (χ1n) is 9.14. The topological polar surface area (TPSA) is 43.2 Å². The normalized spacial score (nSPS) is 23.9. The van der Waals surface area contributed by atoms with E-state index in [2.05, 4.69) is 22.0 Å². The molecular formula is C17H27F3N4O. The van der Waals surface area contributed by atoms with Crippen LogP contribution in [0.1, 0.15) is 37.3 Å². The Kier molecular flexibility index (Phi) is 5.99. The minimum atomic E-state index is -4.28. The molecule has 142 valence electrons. The summed E-state index contributed by atoms with van der Waals surface area (Å²) in [5, 5.41) is 4.21. The van der Waals surface area contributed by atoms with E-state index >= 15 is 0 Å². The van der Waals surface area contributed by atoms with Crippen LogP contribution in [0.15, 0.2) is 0 Å². The quantitative estimate of drug-likeness (QED) is 0.810. The molecule has 1 aromatic heterocycles. The van der Waals surface area contributed by atoms with E-state index < -0.39 is 12.7 Å². The summed E-state index contributed by atoms with van der Waals surface area (Å²) >= 11 is 0. The molecule has 0 saturated carbocycles. The molecule has 0 aromatic carbocycles. The molecule has 8 heteroatoms. The highest BCUT2D eigenvalue weighted by atomic mass is 19.4. The molecule has 1 unspecified atom stereocenters. The van der Waals surface area contributed by atoms with Gasteiger partial charge in [-0.25, -0.2) is 9.67 Å². The molecule has 0 aliphatic carbocycles. The number of likely N-dealkylation sites (tertiary alicyclic amines) is 1. The van der Waals surface area contributed by atoms with Crippen LogP contribution in [0.2, 0.25) is 0 Å². The third-order valence-corrected chi connectivity index (χ3v) is 5.16. The van der Waals surface area contributed by atoms with Crippen molar-refractivity contribution in [2.24, 2.45) is 11.8 Å². The lowest BCUT2D eigenvalue weighted by Gasteiger charge is -2.28. The van der Waals surface area contributed by atoms with Crippen LogP contribution in [0, 0.1) is 11.8 Å². The molecule has 5 nitrogen and oxygen atoms in total. The van der Waals surface area contributed by atoms with Gasteiger partial charge in [-0.2, -0.15) is 18.3 Å². The first-order valence-corrected chi connectivity index (χ1v) is 9.14. The number of hydrogen-bond donors (Lipinski definition) is 0. The Bertz CT molecular complexity index is 547. The smallest absolute Gasteiger partial charge is 0.381 e. The zero-order valence-electron chi connectivity index (χ0n) is 14.8. The third kappa shape index (κ3) is 5.67. The van der Waals surface area contributed by atoms with Gasteiger partial charge < -0.3 is 9.64 Å². The van der Waals surface area contributed by atoms with Gasteiger partial charge in [0.05, 0.1) is 0 Å². The van der Waals surface area contributed by atoms with E-state index in [4.69, 9.17) is 4.74 Å². The van der Waals surface area contributed by atoms with Crippen molar-refractivity contribution in [3.05, 3.63) is 11.6 Å². The molecule has 2 aliphatic rings. The Morgan fingerprint density at radius 3 is 2.52 bits per heavy atom. The second-order valence-electron chi connectivity index (χ2n) is 7.46. The van der Waals surface area contributed by atoms with Crippen molar-refractivity contribution in [1.29, 1.82) is 0 Å². The van der Waals surface area contributed by atoms with E-state index in [1.54, 1.807) is 0 Å². The summed E-state index contributed by atoms with van der Waals surface area (Å²) in [6.07, 6.45) is 0.940. The van der Waals surface area contributed by atoms with E-state index in [1.807, 2.05) is 0 Å². The van der Waals surface area contributed by atoms with Crippen molar-refractivity contribution >= 4 is 0 Å². The Balaban J connectivity index is 1.69. The van der Waals surface area contributed by atoms with E-state index in [0.717, 1.165) is 50.1 Å². The maximum Gasteiger partial charge on any atom is 0.408 e. The van der Waals surface area contributed by atoms with Crippen LogP contribution in [0.4, 0.5) is 13.2 Å². The van der Waals surface area contributed by atoms with Crippen molar-refractivity contribution in [2.75, 3.05) is 33.4 Å². The fourth-order valence-corrected chi connectivity index (χ4v) is 3.71. The highest BCUT2D eigenvalue weighted by Gasteiger charge is 2.31. The molecule has 2 fully saturated rings. The lowest BCUT2D eigenvalue weighted by atomic mass is 9.93. The van der Waals surface area contributed by atoms with Gasteiger partial charge in [0, 0.05) is 26.1 Å². The fourth-order valence-electron chi connectivity index (χ4n) is 3.71. The predicted octanol–water partition coefficient (Wildman–Crippen LogP) is 2.69. The number of aromatic nitrogens is 3. The maximum atomic E-state index is 12.9. The van der Waals surface area contributed by atoms with Gasteiger partial charge in [-0.3, -0.25) is 0 Å². The van der Waals surface area contributed by atoms with E-state index in [-0.39, 0.29) is 5.92 Å². The van der Waals surface area contributed by atoms with Crippen LogP contribution in [0.3, 0.4) is 0 Å². The Morgan fingerprint density at radius 1 is 1.12 bits per heavy atom. The molecule has 3 heterocycles. The molecule has 0 N–H and O–H groups in total. The SMILES string of the molecule is CN1CCC(Cc2nc(CC3CCCOC3)n(CC(F)(F)F)n2)CC1. The minimum Gasteiger partial charge on any atom is -0.381 e. The zero-order chi connectivity index (χ0) is 17.9. The summed E-state index contributed by atoms with van der Waals surface area (Å²) in [5.74, 6) is 1.71. The number of rotatable bonds is 5. The molecule has 2 aliphatic heterocycles. The number of ether oxygens (including phenoxy) is 1. The summed E-state index contributed by atoms with van der Waals surface area (Å²) in [7, 11) is 2.09. The molecule has 1 atom stereocenters. The molecular weight excluding hydrogens is 333 g/mol. The van der Waals surface area contributed by atoms with Crippen LogP contribution < -0.4 is 0 Å². The first kappa shape index (κ1) is 18.6. The molecule has 1 aromatic rings. The third-order valence-electron chi connectivity index (χ3n) is 5.16. The summed E-state index contributed by atoms with van der Waals surface area (Å²) in [6.45, 7) is 2.34. The second kappa shape index (κ2) is 8.03. The molecule has 0 radical (unpaired) electrons. The van der Waals surface area contributed by atoms with Crippen LogP contribution in [0.5, 0.6) is 0 Å². The average Bonchev–Trinajstić information content (AvgIpc) is 2.90. The summed E-state index contributed by atoms with van der Waals surface area (Å²) in [5.41, 5.74) is 0. The van der Waals surface area contributed by atoms with Gasteiger partial charge in [0.15, 0.2) is 5.82 Å². The Morgan fingerprint density at radius 2 is 1.88 bits per heavy atom. The van der Waals surface area contributed by atoms with Crippen molar-refractivity contribution < 1.29 is 17.9 Å². The van der Waals surface area contributed by atoms with Gasteiger partial charge in [0.1, 0.15) is 12.4 Å². The van der Waals surface area contributed by atoms with Gasteiger partial charge >= 0.3 is 6.18 Å². The summed E-state index contributed by atoms with van der Waals surface area (Å²) in [4.78, 5) is 6.76. The number of alkyl halides is 3. The van der Waals surface area contributed by atoms with E-state index in [0.29, 0.717) is 37.0 Å². The van der Waals surface area contributed by atoms with Gasteiger partial charge in [0.2, 0.25) is 0 Å². The number of piperidine rings is 1. The lowest BCUT2D eigenvalue weighted by Crippen LogP contribution is -2.31. The molecule has 25 heavy (non-hydrogen) atoms. The maximum absolute atomic E-state index is 12.9. The minimum absolute atomic E-state index is 0.237. The molecule has 2 saturated heterocycles. The highest BCUT2D eigenvalue weighted by Crippen LogP contribution is 2.24. The Labute approximate surface area is 146 Å². The van der Waals surface area contributed by atoms with E-state index in [9.17, 15) is 13.2 Å². The number of hydrogen-bond acceptors (Lipinski definition) is 4. The van der Waals surface area contributed by atoms with Gasteiger partial charge in [-0.15, -0.1) is 0 Å². The molecule has 3 rings (SSSR count). The molecule has 0 bridgehead atoms. The molecule has 0 spiro atoms. The van der Waals surface area contributed by atoms with Crippen molar-refractivity contribution in [3.63, 3.8) is 0 Å². The van der Waals surface area contributed by atoms with Crippen LogP contribution in [0.25, 0.3) is 0 Å². The van der Waals surface area contributed by atoms with Gasteiger partial charge in [-0.1, -0.05) is 0 Å². The van der Waals surface area contributed by atoms with Crippen LogP contribution in [-0.2, 0) is 24.1 Å². The second-order valence-corrected chi connectivity index (χ2v) is 7.46. The summed E-state index contributed by atoms with van der Waals surface area (Å²) in [6, 6.07) is 0. The lowest BCUT2D eigenvalue weighted by molar-refractivity contribution is -0.143. The first-order chi connectivity index (χ1) is 11.9. The predicted molar refractivity (Wildman–Crippen MR) is 87.2 cm³/mol. The van der Waals surface area contributed by atoms with Crippen molar-refractivity contribution in [3.8, 4) is 0 Å². The van der Waals surface area contributed by atoms with Crippen molar-refractivity contribution in [1.82, 2.24) is 19.7 Å². The average molecular weight is 360 g/mol. The van der Waals surface area contributed by atoms with Gasteiger partial charge in [0.25, 0.3) is 0 Å². The van der Waals surface area contributed by atoms with Crippen molar-refractivity contribution in [2.45, 2.75) is 51.2 Å². The number of halogens is 3. The molecule has 0 amide bonds. The van der Waals surface area contributed by atoms with Gasteiger partial charge in [-0.05, 0) is 57.7 Å². The number of nitrogens with zero attached hydrogens (tertiary/aromatic N) is 4. The standard InChI is InChI=1S/C17H27F3N4O/c1-23-6-4-13(5-7-23)9-15-21-16(10-14-3-2-8-25-11-14)24(22-15)12-17(18,19)20/h13-14H,2-12H2,1H3. The van der Waals surface area contributed by atoms with E-state index in [1.165, 1.54) is 0 Å². The van der Waals surface area contributed by atoms with Crippen LogP contribution in [-0.4, -0.2) is 59.2 Å². The zero-order valence-corrected chi connectivity index (χ0v) is 14.8. The Hall–Kier alpha value is -1.15. The highest BCUT2D eigenvalue weighted by molar-refractivity contribution is 4.97. The largest absolute Gasteiger partial charge is 0.408 e. The monoisotopic (exact) mass is 360 g/mol. The fraction of sp³-hybridized carbons (Fsp3) is 0.882. The summed E-state index contributed by atoms with van der Waals surface area (Å²) < 4.78 is 45.2.